The Bertz CT molecular complexity index is 1000. The molecule has 0 fully saturated rings. The van der Waals surface area contributed by atoms with Crippen LogP contribution in [0, 0.1) is 13.8 Å². The third-order valence-corrected chi connectivity index (χ3v) is 5.64. The topological polar surface area (TPSA) is 76.4 Å². The van der Waals surface area contributed by atoms with Gasteiger partial charge in [-0.05, 0) is 43.2 Å². The van der Waals surface area contributed by atoms with Crippen LogP contribution in [0.4, 0.5) is 5.69 Å². The lowest BCUT2D eigenvalue weighted by Gasteiger charge is -2.12. The van der Waals surface area contributed by atoms with E-state index in [-0.39, 0.29) is 4.90 Å². The van der Waals surface area contributed by atoms with Gasteiger partial charge >= 0.3 is 4.94 Å². The summed E-state index contributed by atoms with van der Waals surface area (Å²) < 4.78 is 33.2. The molecule has 0 aliphatic carbocycles. The molecule has 0 aliphatic rings. The lowest BCUT2D eigenvalue weighted by Crippen LogP contribution is -2.13. The van der Waals surface area contributed by atoms with E-state index < -0.39 is 15.0 Å². The Morgan fingerprint density at radius 3 is 2.45 bits per heavy atom. The van der Waals surface area contributed by atoms with E-state index in [9.17, 15) is 13.2 Å². The lowest BCUT2D eigenvalue weighted by molar-refractivity contribution is 0.582. The van der Waals surface area contributed by atoms with E-state index in [1.54, 1.807) is 38.1 Å². The highest BCUT2D eigenvalue weighted by molar-refractivity contribution is 7.92. The molecule has 3 aromatic rings. The molecule has 0 bridgehead atoms. The van der Waals surface area contributed by atoms with Gasteiger partial charge in [0.05, 0.1) is 15.3 Å². The normalized spacial score (nSPS) is 11.7. The molecule has 0 spiro atoms. The average molecular weight is 335 g/mol. The largest absolute Gasteiger partial charge is 0.414 e. The minimum absolute atomic E-state index is 0.188. The molecular formula is C15H13NO4S2. The van der Waals surface area contributed by atoms with Crippen molar-refractivity contribution in [3.05, 3.63) is 57.3 Å². The SMILES string of the molecule is Cc1c(NS(=O)(=O)c2ccccc2)cc2sc(=O)oc2c1C. The summed E-state index contributed by atoms with van der Waals surface area (Å²) in [6.07, 6.45) is 0. The number of hydrogen-bond acceptors (Lipinski definition) is 5. The van der Waals surface area contributed by atoms with Crippen LogP contribution in [-0.2, 0) is 10.0 Å². The van der Waals surface area contributed by atoms with Gasteiger partial charge in [-0.25, -0.2) is 13.2 Å². The molecule has 2 aromatic carbocycles. The number of rotatable bonds is 3. The van der Waals surface area contributed by atoms with Crippen molar-refractivity contribution in [2.24, 2.45) is 0 Å². The van der Waals surface area contributed by atoms with Gasteiger partial charge in [0.2, 0.25) is 0 Å². The molecule has 1 N–H and O–H groups in total. The molecule has 7 heteroatoms. The van der Waals surface area contributed by atoms with Crippen molar-refractivity contribution in [1.29, 1.82) is 0 Å². The third-order valence-electron chi connectivity index (χ3n) is 3.48. The van der Waals surface area contributed by atoms with Crippen LogP contribution < -0.4 is 9.66 Å². The Kier molecular flexibility index (Phi) is 3.54. The zero-order valence-electron chi connectivity index (χ0n) is 11.9. The van der Waals surface area contributed by atoms with Crippen LogP contribution in [-0.4, -0.2) is 8.42 Å². The summed E-state index contributed by atoms with van der Waals surface area (Å²) in [6, 6.07) is 9.77. The van der Waals surface area contributed by atoms with E-state index in [0.717, 1.165) is 22.5 Å². The molecule has 5 nitrogen and oxygen atoms in total. The summed E-state index contributed by atoms with van der Waals surface area (Å²) in [6.45, 7) is 3.59. The van der Waals surface area contributed by atoms with Gasteiger partial charge < -0.3 is 4.42 Å². The average Bonchev–Trinajstić information content (AvgIpc) is 2.86. The van der Waals surface area contributed by atoms with Gasteiger partial charge in [-0.3, -0.25) is 4.72 Å². The minimum Gasteiger partial charge on any atom is -0.414 e. The third kappa shape index (κ3) is 2.53. The number of sulfonamides is 1. The maximum atomic E-state index is 12.4. The maximum absolute atomic E-state index is 12.4. The molecule has 0 atom stereocenters. The molecule has 0 aliphatic heterocycles. The molecule has 3 rings (SSSR count). The molecule has 0 amide bonds. The van der Waals surface area contributed by atoms with E-state index in [0.29, 0.717) is 16.0 Å². The number of aryl methyl sites for hydroxylation is 1. The molecule has 22 heavy (non-hydrogen) atoms. The molecule has 1 aromatic heterocycles. The van der Waals surface area contributed by atoms with E-state index in [1.807, 2.05) is 0 Å². The van der Waals surface area contributed by atoms with E-state index in [2.05, 4.69) is 4.72 Å². The van der Waals surface area contributed by atoms with Crippen LogP contribution in [0.5, 0.6) is 0 Å². The summed E-state index contributed by atoms with van der Waals surface area (Å²) >= 11 is 0.954. The monoisotopic (exact) mass is 335 g/mol. The summed E-state index contributed by atoms with van der Waals surface area (Å²) in [5.41, 5.74) is 2.44. The first-order valence-electron chi connectivity index (χ1n) is 6.50. The van der Waals surface area contributed by atoms with Gasteiger partial charge in [-0.2, -0.15) is 0 Å². The van der Waals surface area contributed by atoms with E-state index in [1.165, 1.54) is 12.1 Å². The number of anilines is 1. The van der Waals surface area contributed by atoms with Crippen molar-refractivity contribution in [3.8, 4) is 0 Å². The molecule has 1 heterocycles. The van der Waals surface area contributed by atoms with Crippen molar-refractivity contribution in [2.45, 2.75) is 18.7 Å². The highest BCUT2D eigenvalue weighted by Gasteiger charge is 2.18. The van der Waals surface area contributed by atoms with Crippen LogP contribution in [0.3, 0.4) is 0 Å². The fourth-order valence-corrected chi connectivity index (χ4v) is 4.07. The highest BCUT2D eigenvalue weighted by Crippen LogP contribution is 2.31. The first-order valence-corrected chi connectivity index (χ1v) is 8.80. The standard InChI is InChI=1S/C15H13NO4S2/c1-9-10(2)14-13(21-15(17)20-14)8-12(9)16-22(18,19)11-6-4-3-5-7-11/h3-8,16H,1-2H3. The van der Waals surface area contributed by atoms with Crippen LogP contribution in [0.2, 0.25) is 0 Å². The predicted octanol–water partition coefficient (Wildman–Crippen LogP) is 3.27. The quantitative estimate of drug-likeness (QED) is 0.797. The first-order chi connectivity index (χ1) is 10.4. The second kappa shape index (κ2) is 5.26. The van der Waals surface area contributed by atoms with Crippen LogP contribution in [0.1, 0.15) is 11.1 Å². The Balaban J connectivity index is 2.11. The molecule has 114 valence electrons. The van der Waals surface area contributed by atoms with Crippen molar-refractivity contribution in [2.75, 3.05) is 4.72 Å². The fraction of sp³-hybridized carbons (Fsp3) is 0.133. The predicted molar refractivity (Wildman–Crippen MR) is 87.1 cm³/mol. The van der Waals surface area contributed by atoms with Crippen molar-refractivity contribution < 1.29 is 12.8 Å². The molecule has 0 unspecified atom stereocenters. The van der Waals surface area contributed by atoms with Gasteiger partial charge in [0.1, 0.15) is 0 Å². The Morgan fingerprint density at radius 1 is 1.09 bits per heavy atom. The molecule has 0 saturated heterocycles. The van der Waals surface area contributed by atoms with Gasteiger partial charge in [0.15, 0.2) is 5.58 Å². The summed E-state index contributed by atoms with van der Waals surface area (Å²) in [5.74, 6) is 0. The zero-order chi connectivity index (χ0) is 15.9. The van der Waals surface area contributed by atoms with Gasteiger partial charge in [-0.15, -0.1) is 0 Å². The number of nitrogens with one attached hydrogen (secondary N) is 1. The zero-order valence-corrected chi connectivity index (χ0v) is 13.5. The van der Waals surface area contributed by atoms with Gasteiger partial charge in [0, 0.05) is 0 Å². The van der Waals surface area contributed by atoms with E-state index >= 15 is 0 Å². The van der Waals surface area contributed by atoms with Crippen LogP contribution in [0.25, 0.3) is 10.3 Å². The number of benzene rings is 2. The van der Waals surface area contributed by atoms with Crippen LogP contribution in [0.15, 0.2) is 50.5 Å². The molecule has 0 radical (unpaired) electrons. The van der Waals surface area contributed by atoms with E-state index in [4.69, 9.17) is 4.42 Å². The second-order valence-electron chi connectivity index (χ2n) is 4.87. The van der Waals surface area contributed by atoms with Crippen molar-refractivity contribution in [1.82, 2.24) is 0 Å². The smallest absolute Gasteiger partial charge is 0.396 e. The highest BCUT2D eigenvalue weighted by atomic mass is 32.2. The summed E-state index contributed by atoms with van der Waals surface area (Å²) in [7, 11) is -3.67. The number of fused-ring (bicyclic) bond motifs is 1. The second-order valence-corrected chi connectivity index (χ2v) is 7.53. The Hall–Kier alpha value is -2.12. The maximum Gasteiger partial charge on any atom is 0.396 e. The molecular weight excluding hydrogens is 322 g/mol. The van der Waals surface area contributed by atoms with Crippen LogP contribution >= 0.6 is 11.3 Å². The van der Waals surface area contributed by atoms with Gasteiger partial charge in [0.25, 0.3) is 10.0 Å². The van der Waals surface area contributed by atoms with Crippen molar-refractivity contribution in [3.63, 3.8) is 0 Å². The van der Waals surface area contributed by atoms with Crippen molar-refractivity contribution >= 4 is 37.3 Å². The fourth-order valence-electron chi connectivity index (χ4n) is 2.17. The minimum atomic E-state index is -3.67. The lowest BCUT2D eigenvalue weighted by atomic mass is 10.1. The Labute approximate surface area is 131 Å². The summed E-state index contributed by atoms with van der Waals surface area (Å²) in [4.78, 5) is 11.2. The Morgan fingerprint density at radius 2 is 1.77 bits per heavy atom. The van der Waals surface area contributed by atoms with Gasteiger partial charge in [-0.1, -0.05) is 29.5 Å². The molecule has 0 saturated carbocycles. The summed E-state index contributed by atoms with van der Waals surface area (Å²) in [5, 5.41) is 0. The first kappa shape index (κ1) is 14.8. The number of hydrogen-bond donors (Lipinski definition) is 1.